The van der Waals surface area contributed by atoms with Crippen LogP contribution in [0, 0.1) is 0 Å². The van der Waals surface area contributed by atoms with Gasteiger partial charge in [-0.2, -0.15) is 0 Å². The van der Waals surface area contributed by atoms with E-state index in [4.69, 9.17) is 0 Å². The average molecular weight is 683 g/mol. The first-order valence-corrected chi connectivity index (χ1v) is 17.9. The third-order valence-corrected chi connectivity index (χ3v) is 10.5. The first kappa shape index (κ1) is 30.7. The van der Waals surface area contributed by atoms with Gasteiger partial charge >= 0.3 is 0 Å². The van der Waals surface area contributed by atoms with Crippen LogP contribution in [-0.2, 0) is 0 Å². The highest BCUT2D eigenvalue weighted by Crippen LogP contribution is 2.41. The molecule has 0 saturated carbocycles. The zero-order valence-corrected chi connectivity index (χ0v) is 29.0. The van der Waals surface area contributed by atoms with Crippen molar-refractivity contribution in [1.29, 1.82) is 0 Å². The molecule has 7 aromatic carbocycles. The number of rotatable bonds is 7. The molecule has 0 aliphatic heterocycles. The number of H-pyrrole nitrogens is 1. The van der Waals surface area contributed by atoms with Gasteiger partial charge < -0.3 is 19.4 Å². The van der Waals surface area contributed by atoms with Gasteiger partial charge in [0.1, 0.15) is 0 Å². The number of hydrogen-bond donors (Lipinski definition) is 2. The average Bonchev–Trinajstić information content (AvgIpc) is 3.87. The lowest BCUT2D eigenvalue weighted by molar-refractivity contribution is 0.112. The molecule has 0 aliphatic carbocycles. The van der Waals surface area contributed by atoms with E-state index in [2.05, 4.69) is 171 Å². The summed E-state index contributed by atoms with van der Waals surface area (Å²) in [5.41, 5.74) is 13.1. The molecule has 5 heteroatoms. The molecule has 53 heavy (non-hydrogen) atoms. The second-order valence-electron chi connectivity index (χ2n) is 13.4. The first-order chi connectivity index (χ1) is 26.2. The number of fused-ring (bicyclic) bond motifs is 7. The van der Waals surface area contributed by atoms with E-state index in [1.54, 1.807) is 0 Å². The van der Waals surface area contributed by atoms with E-state index in [9.17, 15) is 4.79 Å². The van der Waals surface area contributed by atoms with Crippen molar-refractivity contribution in [3.8, 4) is 22.5 Å². The molecule has 3 aromatic heterocycles. The van der Waals surface area contributed by atoms with Crippen LogP contribution in [0.5, 0.6) is 0 Å². The molecule has 0 saturated heterocycles. The van der Waals surface area contributed by atoms with Gasteiger partial charge in [0.2, 0.25) is 0 Å². The van der Waals surface area contributed by atoms with E-state index in [0.717, 1.165) is 84.0 Å². The monoisotopic (exact) mass is 682 g/mol. The molecule has 0 radical (unpaired) electrons. The number of nitrogens with zero attached hydrogens (tertiary/aromatic N) is 2. The van der Waals surface area contributed by atoms with Gasteiger partial charge in [0.25, 0.3) is 0 Å². The quantitative estimate of drug-likeness (QED) is 0.164. The van der Waals surface area contributed by atoms with Gasteiger partial charge in [0, 0.05) is 68.2 Å². The Morgan fingerprint density at radius 2 is 1.13 bits per heavy atom. The molecule has 3 heterocycles. The Hall–Kier alpha value is -7.11. The summed E-state index contributed by atoms with van der Waals surface area (Å²) in [6.07, 6.45) is 2.99. The van der Waals surface area contributed by atoms with E-state index in [1.165, 1.54) is 16.2 Å². The molecule has 0 bridgehead atoms. The maximum atomic E-state index is 13.2. The summed E-state index contributed by atoms with van der Waals surface area (Å²) in [6.45, 7) is 0. The van der Waals surface area contributed by atoms with E-state index in [1.807, 2.05) is 25.4 Å². The highest BCUT2D eigenvalue weighted by atomic mass is 16.1. The fraction of sp³-hybridized carbons (Fsp3) is 0.0208. The van der Waals surface area contributed by atoms with Crippen LogP contribution in [0.25, 0.3) is 82.6 Å². The molecule has 0 amide bonds. The number of para-hydroxylation sites is 4. The number of hydrogen-bond acceptors (Lipinski definition) is 2. The number of nitrogens with one attached hydrogen (secondary N) is 2. The van der Waals surface area contributed by atoms with Gasteiger partial charge in [-0.3, -0.25) is 4.79 Å². The predicted molar refractivity (Wildman–Crippen MR) is 220 cm³/mol. The summed E-state index contributed by atoms with van der Waals surface area (Å²) >= 11 is 0. The van der Waals surface area contributed by atoms with Crippen LogP contribution < -0.4 is 5.32 Å². The minimum Gasteiger partial charge on any atom is -0.393 e. The fourth-order valence-corrected chi connectivity index (χ4v) is 8.28. The fourth-order valence-electron chi connectivity index (χ4n) is 8.28. The summed E-state index contributed by atoms with van der Waals surface area (Å²) in [5, 5.41) is 8.86. The van der Waals surface area contributed by atoms with Crippen LogP contribution in [0.1, 0.15) is 21.6 Å². The van der Waals surface area contributed by atoms with Crippen molar-refractivity contribution < 1.29 is 4.79 Å². The van der Waals surface area contributed by atoms with Gasteiger partial charge in [-0.05, 0) is 83.4 Å². The Kier molecular flexibility index (Phi) is 7.12. The van der Waals surface area contributed by atoms with Gasteiger partial charge in [0.05, 0.1) is 27.8 Å². The van der Waals surface area contributed by atoms with E-state index in [-0.39, 0.29) is 0 Å². The number of carbonyl (C=O) groups excluding carboxylic acids is 1. The third-order valence-electron chi connectivity index (χ3n) is 10.5. The SMILES string of the molecule is CN/C=C(/c1ccc2c(c1)c1ccccc1n2-c1ccccc1)c1[nH]c2cccc(-c3ccc4c(c3)c3ccccc3n4-c3ccccc3)c2c1C=O. The Morgan fingerprint density at radius 1 is 0.566 bits per heavy atom. The van der Waals surface area contributed by atoms with Crippen LogP contribution in [0.4, 0.5) is 0 Å². The Bertz CT molecular complexity index is 3050. The van der Waals surface area contributed by atoms with Gasteiger partial charge in [-0.25, -0.2) is 0 Å². The van der Waals surface area contributed by atoms with Crippen molar-refractivity contribution >= 4 is 66.4 Å². The van der Waals surface area contributed by atoms with E-state index in [0.29, 0.717) is 5.56 Å². The molecule has 0 unspecified atom stereocenters. The molecule has 10 aromatic rings. The summed E-state index contributed by atoms with van der Waals surface area (Å²) < 4.78 is 4.64. The van der Waals surface area contributed by atoms with Gasteiger partial charge in [-0.15, -0.1) is 0 Å². The van der Waals surface area contributed by atoms with Crippen LogP contribution in [0.2, 0.25) is 0 Å². The van der Waals surface area contributed by atoms with Crippen molar-refractivity contribution in [2.45, 2.75) is 0 Å². The maximum Gasteiger partial charge on any atom is 0.152 e. The van der Waals surface area contributed by atoms with Crippen molar-refractivity contribution in [1.82, 2.24) is 19.4 Å². The molecule has 252 valence electrons. The normalized spacial score (nSPS) is 12.1. The van der Waals surface area contributed by atoms with Crippen molar-refractivity contribution in [3.05, 3.63) is 187 Å². The Labute approximate surface area is 306 Å². The lowest BCUT2D eigenvalue weighted by Crippen LogP contribution is -2.00. The summed E-state index contributed by atoms with van der Waals surface area (Å²) in [5.74, 6) is 0. The minimum absolute atomic E-state index is 0.635. The van der Waals surface area contributed by atoms with Crippen molar-refractivity contribution in [2.75, 3.05) is 7.05 Å². The molecule has 0 atom stereocenters. The van der Waals surface area contributed by atoms with Gasteiger partial charge in [-0.1, -0.05) is 97.1 Å². The lowest BCUT2D eigenvalue weighted by atomic mass is 9.94. The molecular formula is C48H34N4O. The zero-order chi connectivity index (χ0) is 35.5. The van der Waals surface area contributed by atoms with Crippen molar-refractivity contribution in [2.24, 2.45) is 0 Å². The first-order valence-electron chi connectivity index (χ1n) is 17.9. The van der Waals surface area contributed by atoms with Crippen LogP contribution in [0.15, 0.2) is 170 Å². The summed E-state index contributed by atoms with van der Waals surface area (Å²) in [6, 6.07) is 57.6. The van der Waals surface area contributed by atoms with Crippen LogP contribution in [-0.4, -0.2) is 27.5 Å². The molecule has 2 N–H and O–H groups in total. The highest BCUT2D eigenvalue weighted by Gasteiger charge is 2.22. The molecular weight excluding hydrogens is 649 g/mol. The lowest BCUT2D eigenvalue weighted by Gasteiger charge is -2.11. The number of aromatic nitrogens is 3. The molecule has 0 spiro atoms. The predicted octanol–water partition coefficient (Wildman–Crippen LogP) is 11.5. The number of carbonyl (C=O) groups is 1. The highest BCUT2D eigenvalue weighted by molar-refractivity contribution is 6.15. The number of aldehydes is 1. The molecule has 10 rings (SSSR count). The standard InChI is InChI=1S/C48H34N4O/c1-49-29-40(32-24-26-46-39(28-32)37-18-9-11-22-44(37)52(46)34-15-6-3-7-16-34)48-41(30-53)47-35(19-12-20-42(47)50-48)31-23-25-45-38(27-31)36-17-8-10-21-43(36)51(45)33-13-4-2-5-14-33/h2-30,49-50H,1H3/b40-29-. The largest absolute Gasteiger partial charge is 0.393 e. The molecule has 0 aliphatic rings. The van der Waals surface area contributed by atoms with Crippen LogP contribution in [0.3, 0.4) is 0 Å². The number of benzene rings is 7. The smallest absolute Gasteiger partial charge is 0.152 e. The Morgan fingerprint density at radius 3 is 1.75 bits per heavy atom. The van der Waals surface area contributed by atoms with Gasteiger partial charge in [0.15, 0.2) is 6.29 Å². The molecule has 5 nitrogen and oxygen atoms in total. The zero-order valence-electron chi connectivity index (χ0n) is 29.0. The summed E-state index contributed by atoms with van der Waals surface area (Å²) in [7, 11) is 1.90. The maximum absolute atomic E-state index is 13.2. The topological polar surface area (TPSA) is 54.8 Å². The van der Waals surface area contributed by atoms with Crippen LogP contribution >= 0.6 is 0 Å². The second kappa shape index (κ2) is 12.3. The Balaban J connectivity index is 1.15. The molecule has 0 fully saturated rings. The van der Waals surface area contributed by atoms with E-state index < -0.39 is 0 Å². The van der Waals surface area contributed by atoms with Crippen molar-refractivity contribution in [3.63, 3.8) is 0 Å². The second-order valence-corrected chi connectivity index (χ2v) is 13.4. The van der Waals surface area contributed by atoms with E-state index >= 15 is 0 Å². The minimum atomic E-state index is 0.635. The number of aromatic amines is 1. The summed E-state index contributed by atoms with van der Waals surface area (Å²) in [4.78, 5) is 16.9. The third kappa shape index (κ3) is 4.75.